The molecule has 0 amide bonds. The molecule has 124 valence electrons. The first-order valence-corrected chi connectivity index (χ1v) is 5.95. The normalized spacial score (nSPS) is 12.7. The molecule has 10 heteroatoms. The van der Waals surface area contributed by atoms with Crippen molar-refractivity contribution in [3.63, 3.8) is 0 Å². The lowest BCUT2D eigenvalue weighted by molar-refractivity contribution is -0.386. The number of nitrogens with two attached hydrogens (primary N) is 1. The van der Waals surface area contributed by atoms with Gasteiger partial charge in [0.1, 0.15) is 0 Å². The maximum atomic E-state index is 13.9. The van der Waals surface area contributed by atoms with Crippen LogP contribution < -0.4 is 10.5 Å². The molecule has 0 spiro atoms. The molecule has 0 aliphatic heterocycles. The summed E-state index contributed by atoms with van der Waals surface area (Å²) in [6.07, 6.45) is -2.20. The van der Waals surface area contributed by atoms with E-state index in [1.54, 1.807) is 0 Å². The van der Waals surface area contributed by atoms with Crippen LogP contribution in [0.25, 0.3) is 0 Å². The van der Waals surface area contributed by atoms with Crippen molar-refractivity contribution >= 4 is 24.1 Å². The van der Waals surface area contributed by atoms with Crippen molar-refractivity contribution in [3.8, 4) is 11.5 Å². The van der Waals surface area contributed by atoms with Crippen LogP contribution in [0.4, 0.5) is 10.1 Å². The Hall–Kier alpha value is -2.13. The Bertz CT molecular complexity index is 557. The van der Waals surface area contributed by atoms with Gasteiger partial charge in [0.25, 0.3) is 0 Å². The van der Waals surface area contributed by atoms with Gasteiger partial charge < -0.3 is 20.3 Å². The molecule has 0 bridgehead atoms. The van der Waals surface area contributed by atoms with Gasteiger partial charge in [0.15, 0.2) is 5.75 Å². The number of hydrogen-bond donors (Lipinski definition) is 2. The van der Waals surface area contributed by atoms with Crippen LogP contribution in [-0.2, 0) is 9.53 Å². The van der Waals surface area contributed by atoms with Crippen LogP contribution in [-0.4, -0.2) is 35.9 Å². The number of carbonyl (C=O) groups is 1. The summed E-state index contributed by atoms with van der Waals surface area (Å²) in [4.78, 5) is 21.3. The number of rotatable bonds is 6. The standard InChI is InChI=1S/C12H15FN2O6.ClH/c1-3-21-12(17)9(13)10(14)6-4-7(15(18)19)11(16)8(5-6)20-2;/h4-5,9-10,16H,3,14H2,1-2H3;1H/t9?,10-;/m0./s1. The maximum Gasteiger partial charge on any atom is 0.342 e. The average molecular weight is 339 g/mol. The van der Waals surface area contributed by atoms with E-state index < -0.39 is 34.5 Å². The van der Waals surface area contributed by atoms with E-state index in [1.807, 2.05) is 0 Å². The first-order chi connectivity index (χ1) is 9.83. The van der Waals surface area contributed by atoms with Gasteiger partial charge in [-0.05, 0) is 18.6 Å². The highest BCUT2D eigenvalue weighted by Crippen LogP contribution is 2.38. The molecule has 1 aromatic carbocycles. The number of ether oxygens (including phenoxy) is 2. The van der Waals surface area contributed by atoms with E-state index in [-0.39, 0.29) is 30.3 Å². The smallest absolute Gasteiger partial charge is 0.342 e. The van der Waals surface area contributed by atoms with E-state index in [1.165, 1.54) is 14.0 Å². The van der Waals surface area contributed by atoms with Gasteiger partial charge in [-0.3, -0.25) is 10.1 Å². The van der Waals surface area contributed by atoms with E-state index in [0.29, 0.717) is 0 Å². The Labute approximate surface area is 131 Å². The number of alkyl halides is 1. The minimum absolute atomic E-state index is 0. The summed E-state index contributed by atoms with van der Waals surface area (Å²) < 4.78 is 23.1. The van der Waals surface area contributed by atoms with Gasteiger partial charge in [-0.25, -0.2) is 9.18 Å². The number of esters is 1. The number of nitro benzene ring substituents is 1. The summed E-state index contributed by atoms with van der Waals surface area (Å²) in [5.74, 6) is -2.12. The topological polar surface area (TPSA) is 125 Å². The van der Waals surface area contributed by atoms with Gasteiger partial charge >= 0.3 is 11.7 Å². The van der Waals surface area contributed by atoms with Crippen molar-refractivity contribution in [1.29, 1.82) is 0 Å². The van der Waals surface area contributed by atoms with Crippen molar-refractivity contribution in [2.75, 3.05) is 13.7 Å². The lowest BCUT2D eigenvalue weighted by Crippen LogP contribution is -2.31. The molecule has 1 aromatic rings. The summed E-state index contributed by atoms with van der Waals surface area (Å²) in [7, 11) is 1.17. The number of carbonyl (C=O) groups excluding carboxylic acids is 1. The van der Waals surface area contributed by atoms with Gasteiger partial charge in [-0.1, -0.05) is 0 Å². The summed E-state index contributed by atoms with van der Waals surface area (Å²) in [5, 5.41) is 20.4. The third kappa shape index (κ3) is 4.18. The number of aromatic hydroxyl groups is 1. The predicted molar refractivity (Wildman–Crippen MR) is 77.0 cm³/mol. The molecule has 0 aliphatic carbocycles. The van der Waals surface area contributed by atoms with Crippen LogP contribution in [0.2, 0.25) is 0 Å². The molecule has 3 N–H and O–H groups in total. The molecule has 0 fully saturated rings. The Kier molecular flexibility index (Phi) is 7.54. The van der Waals surface area contributed by atoms with Crippen LogP contribution in [0.15, 0.2) is 12.1 Å². The summed E-state index contributed by atoms with van der Waals surface area (Å²) >= 11 is 0. The van der Waals surface area contributed by atoms with Gasteiger partial charge in [-0.15, -0.1) is 12.4 Å². The fourth-order valence-electron chi connectivity index (χ4n) is 1.64. The number of phenolic OH excluding ortho intramolecular Hbond substituents is 1. The van der Waals surface area contributed by atoms with Crippen molar-refractivity contribution in [2.24, 2.45) is 5.73 Å². The SMILES string of the molecule is CCOC(=O)C(F)[C@@H](N)c1cc(OC)c(O)c([N+](=O)[O-])c1.Cl. The largest absolute Gasteiger partial charge is 0.500 e. The summed E-state index contributed by atoms with van der Waals surface area (Å²) in [5.41, 5.74) is 4.81. The van der Waals surface area contributed by atoms with Crippen LogP contribution in [0.3, 0.4) is 0 Å². The van der Waals surface area contributed by atoms with Crippen LogP contribution in [0, 0.1) is 10.1 Å². The zero-order valence-electron chi connectivity index (χ0n) is 11.8. The Morgan fingerprint density at radius 3 is 2.59 bits per heavy atom. The molecule has 0 saturated heterocycles. The van der Waals surface area contributed by atoms with E-state index in [9.17, 15) is 24.4 Å². The highest BCUT2D eigenvalue weighted by atomic mass is 35.5. The summed E-state index contributed by atoms with van der Waals surface area (Å²) in [6, 6.07) is 0.518. The average Bonchev–Trinajstić information content (AvgIpc) is 2.45. The monoisotopic (exact) mass is 338 g/mol. The molecular formula is C12H16ClFN2O6. The van der Waals surface area contributed by atoms with E-state index >= 15 is 0 Å². The fourth-order valence-corrected chi connectivity index (χ4v) is 1.64. The molecule has 1 unspecified atom stereocenters. The Morgan fingerprint density at radius 2 is 2.14 bits per heavy atom. The predicted octanol–water partition coefficient (Wildman–Crippen LogP) is 1.63. The molecule has 0 saturated carbocycles. The second-order valence-corrected chi connectivity index (χ2v) is 4.03. The number of nitro groups is 1. The van der Waals surface area contributed by atoms with Crippen LogP contribution in [0.5, 0.6) is 11.5 Å². The van der Waals surface area contributed by atoms with Gasteiger partial charge in [0.05, 0.1) is 24.7 Å². The van der Waals surface area contributed by atoms with Gasteiger partial charge in [-0.2, -0.15) is 0 Å². The van der Waals surface area contributed by atoms with Gasteiger partial charge in [0.2, 0.25) is 11.9 Å². The van der Waals surface area contributed by atoms with Crippen LogP contribution >= 0.6 is 12.4 Å². The van der Waals surface area contributed by atoms with Crippen LogP contribution in [0.1, 0.15) is 18.5 Å². The summed E-state index contributed by atoms with van der Waals surface area (Å²) in [6.45, 7) is 1.48. The number of nitrogens with zero attached hydrogens (tertiary/aromatic N) is 1. The fraction of sp³-hybridized carbons (Fsp3) is 0.417. The molecule has 0 aliphatic rings. The van der Waals surface area contributed by atoms with E-state index in [4.69, 9.17) is 10.5 Å². The Balaban J connectivity index is 0.00000441. The third-order valence-electron chi connectivity index (χ3n) is 2.71. The minimum Gasteiger partial charge on any atom is -0.500 e. The second kappa shape index (κ2) is 8.35. The van der Waals surface area contributed by atoms with Gasteiger partial charge in [0, 0.05) is 6.07 Å². The number of benzene rings is 1. The second-order valence-electron chi connectivity index (χ2n) is 4.03. The first-order valence-electron chi connectivity index (χ1n) is 5.95. The lowest BCUT2D eigenvalue weighted by atomic mass is 10.0. The molecular weight excluding hydrogens is 323 g/mol. The maximum absolute atomic E-state index is 13.9. The quantitative estimate of drug-likeness (QED) is 0.458. The number of halogens is 2. The zero-order chi connectivity index (χ0) is 16.2. The molecule has 1 rings (SSSR count). The van der Waals surface area contributed by atoms with Crippen molar-refractivity contribution < 1.29 is 28.7 Å². The van der Waals surface area contributed by atoms with Crippen molar-refractivity contribution in [1.82, 2.24) is 0 Å². The number of methoxy groups -OCH3 is 1. The molecule has 0 radical (unpaired) electrons. The molecule has 8 nitrogen and oxygen atoms in total. The van der Waals surface area contributed by atoms with Crippen molar-refractivity contribution in [2.45, 2.75) is 19.1 Å². The number of phenols is 1. The number of hydrogen-bond acceptors (Lipinski definition) is 7. The molecule has 0 heterocycles. The molecule has 22 heavy (non-hydrogen) atoms. The molecule has 2 atom stereocenters. The third-order valence-corrected chi connectivity index (χ3v) is 2.71. The van der Waals surface area contributed by atoms with E-state index in [2.05, 4.69) is 4.74 Å². The van der Waals surface area contributed by atoms with Crippen molar-refractivity contribution in [3.05, 3.63) is 27.8 Å². The van der Waals surface area contributed by atoms with E-state index in [0.717, 1.165) is 12.1 Å². The Morgan fingerprint density at radius 1 is 1.55 bits per heavy atom. The highest BCUT2D eigenvalue weighted by molar-refractivity contribution is 5.85. The highest BCUT2D eigenvalue weighted by Gasteiger charge is 2.31. The first kappa shape index (κ1) is 19.9. The minimum atomic E-state index is -2.20. The molecule has 0 aromatic heterocycles. The lowest BCUT2D eigenvalue weighted by Gasteiger charge is -2.17. The zero-order valence-corrected chi connectivity index (χ0v) is 12.6.